The molecule has 7 aliphatic rings. The van der Waals surface area contributed by atoms with E-state index in [-0.39, 0.29) is 107 Å². The summed E-state index contributed by atoms with van der Waals surface area (Å²) in [6.45, 7) is 63.2. The summed E-state index contributed by atoms with van der Waals surface area (Å²) in [7, 11) is -3.41. The minimum atomic E-state index is -3.41. The normalized spacial score (nSPS) is 23.0. The Labute approximate surface area is 757 Å². The van der Waals surface area contributed by atoms with Crippen molar-refractivity contribution in [2.75, 3.05) is 12.8 Å². The molecule has 1 aromatic carbocycles. The fourth-order valence-electron chi connectivity index (χ4n) is 16.6. The van der Waals surface area contributed by atoms with Crippen molar-refractivity contribution in [2.45, 2.75) is 489 Å². The number of cyclic esters (lactones) is 2. The second-order valence-corrected chi connectivity index (χ2v) is 45.8. The first-order valence-corrected chi connectivity index (χ1v) is 49.9. The molecule has 2 heterocycles. The molecule has 7 fully saturated rings. The van der Waals surface area contributed by atoms with Gasteiger partial charge in [-0.2, -0.15) is 0 Å². The number of carbonyl (C=O) groups is 9. The van der Waals surface area contributed by atoms with Crippen molar-refractivity contribution in [3.8, 4) is 0 Å². The highest BCUT2D eigenvalue weighted by Crippen LogP contribution is 2.60. The zero-order chi connectivity index (χ0) is 95.7. The first-order valence-electron chi connectivity index (χ1n) is 48.2. The fraction of sp³-hybridized carbons (Fsp3) is 0.835. The molecule has 22 heteroatoms. The fourth-order valence-corrected chi connectivity index (χ4v) is 18.9. The van der Waals surface area contributed by atoms with Crippen LogP contribution >= 0.6 is 7.60 Å². The van der Waals surface area contributed by atoms with Crippen LogP contribution in [0.5, 0.6) is 0 Å². The quantitative estimate of drug-likeness (QED) is 0.0296. The number of ketones is 1. The minimum Gasteiger partial charge on any atom is -0.465 e. The van der Waals surface area contributed by atoms with Gasteiger partial charge in [0.1, 0.15) is 40.7 Å². The van der Waals surface area contributed by atoms with E-state index >= 15 is 0 Å². The van der Waals surface area contributed by atoms with Gasteiger partial charge in [0.25, 0.3) is 0 Å². The van der Waals surface area contributed by atoms with E-state index in [9.17, 15) is 52.8 Å². The molecular weight excluding hydrogens is 1600 g/mol. The molecule has 21 nitrogen and oxygen atoms in total. The largest absolute Gasteiger partial charge is 0.465 e. The molecule has 6 atom stereocenters. The average molecular weight is 1780 g/mol. The first kappa shape index (κ1) is 114. The SMILES string of the molecule is C=C1CCCC1(C)OC(=O)C(C)(C)CC.CCC(C)(C)C(=O)OC(C)(C)C(=O)CC1(C)CC(C)C(=O)O1.CCC(C)(C)C(=O)OC(C)(C)C1CCCCC1C(C)(C)O.CCC(C)(C)C(=O)OC(C)(C)c1ccccc1.CCC(C)(C)C(=O)OC1(C2CCC(=O)O2)CCCCC1.CCC1(OP(=O)(CCOC(=O)C(C)(C)CC)OC2(CC)CCCCC2)CCCCC1. The molecule has 5 aliphatic carbocycles. The van der Waals surface area contributed by atoms with Crippen molar-refractivity contribution in [1.29, 1.82) is 0 Å². The Kier molecular flexibility index (Phi) is 42.8. The number of aliphatic hydroxyl groups is 1. The van der Waals surface area contributed by atoms with Crippen LogP contribution in [0.1, 0.15) is 439 Å². The summed E-state index contributed by atoms with van der Waals surface area (Å²) in [6, 6.07) is 9.82. The van der Waals surface area contributed by atoms with E-state index in [0.29, 0.717) is 32.1 Å². The Hall–Kier alpha value is -5.50. The minimum absolute atomic E-state index is 0.0515. The van der Waals surface area contributed by atoms with Gasteiger partial charge < -0.3 is 52.0 Å². The molecule has 5 saturated carbocycles. The summed E-state index contributed by atoms with van der Waals surface area (Å²) in [5, 5.41) is 10.5. The van der Waals surface area contributed by atoms with Gasteiger partial charge in [-0.15, -0.1) is 0 Å². The van der Waals surface area contributed by atoms with E-state index in [2.05, 4.69) is 20.4 Å². The molecule has 0 spiro atoms. The Balaban J connectivity index is 0.000000392. The number of esters is 8. The van der Waals surface area contributed by atoms with Gasteiger partial charge in [0.2, 0.25) is 0 Å². The molecule has 0 radical (unpaired) electrons. The van der Waals surface area contributed by atoms with Gasteiger partial charge in [0.05, 0.1) is 67.8 Å². The van der Waals surface area contributed by atoms with E-state index in [0.717, 1.165) is 178 Å². The Bertz CT molecular complexity index is 3650. The highest BCUT2D eigenvalue weighted by Gasteiger charge is 2.53. The summed E-state index contributed by atoms with van der Waals surface area (Å²) in [5.41, 5.74) is -6.43. The third-order valence-electron chi connectivity index (χ3n) is 29.1. The van der Waals surface area contributed by atoms with Crippen LogP contribution < -0.4 is 0 Å². The van der Waals surface area contributed by atoms with E-state index in [4.69, 9.17) is 46.9 Å². The topological polar surface area (TPSA) is 283 Å². The van der Waals surface area contributed by atoms with Crippen molar-refractivity contribution >= 4 is 61.1 Å². The molecule has 1 N–H and O–H groups in total. The zero-order valence-corrected chi connectivity index (χ0v) is 85.3. The number of carbonyl (C=O) groups excluding carboxylic acids is 9. The molecule has 1 aromatic rings. The van der Waals surface area contributed by atoms with Crippen LogP contribution in [0.15, 0.2) is 42.5 Å². The van der Waals surface area contributed by atoms with Gasteiger partial charge in [0, 0.05) is 18.8 Å². The number of hydrogen-bond donors (Lipinski definition) is 1. The van der Waals surface area contributed by atoms with Crippen LogP contribution in [0.2, 0.25) is 0 Å². The highest BCUT2D eigenvalue weighted by molar-refractivity contribution is 7.54. The summed E-state index contributed by atoms with van der Waals surface area (Å²) in [4.78, 5) is 109. The number of rotatable bonds is 33. The van der Waals surface area contributed by atoms with Crippen LogP contribution in [-0.4, -0.2) is 122 Å². The number of ether oxygens (including phenoxy) is 8. The lowest BCUT2D eigenvalue weighted by Gasteiger charge is -2.47. The van der Waals surface area contributed by atoms with Gasteiger partial charge in [-0.25, -0.2) is 0 Å². The van der Waals surface area contributed by atoms with E-state index in [1.807, 2.05) is 190 Å². The molecule has 2 saturated heterocycles. The number of hydrogen-bond acceptors (Lipinski definition) is 21. The summed E-state index contributed by atoms with van der Waals surface area (Å²) in [6.07, 6.45) is 30.4. The second kappa shape index (κ2) is 47.0. The summed E-state index contributed by atoms with van der Waals surface area (Å²) >= 11 is 0. The van der Waals surface area contributed by atoms with Crippen LogP contribution in [0.25, 0.3) is 0 Å². The Morgan fingerprint density at radius 3 is 1.29 bits per heavy atom. The van der Waals surface area contributed by atoms with Crippen molar-refractivity contribution in [1.82, 2.24) is 0 Å². The monoisotopic (exact) mass is 1780 g/mol. The van der Waals surface area contributed by atoms with E-state index in [1.165, 1.54) is 12.8 Å². The maximum absolute atomic E-state index is 14.1. The maximum Gasteiger partial charge on any atom is 0.335 e. The van der Waals surface area contributed by atoms with E-state index in [1.54, 1.807) is 41.5 Å². The third kappa shape index (κ3) is 33.7. The van der Waals surface area contributed by atoms with Crippen LogP contribution in [-0.2, 0) is 100 Å². The molecular formula is C103H177O21P. The standard InChI is InChI=1S/C24H45O5P.C18H34O3.C17H28O5.C16H26O4.C15H22O2.C13H22O2/c1-6-22(4,5)21(25)27-19-20-30(26,28-23(7-2)15-11-9-12-16-23)29-24(8-3)17-13-10-14-18-24;1-8-16(2,3)15(19)21-18(6,7)14-12-10-9-11-13(14)17(4,5)20;1-8-15(3,4)14(20)22-16(5,6)12(18)10-17(7)9-11(2)13(19)21-17;1-4-15(2,3)14(18)20-16(10-6-5-7-11-16)12-8-9-13(17)19-12;1-6-14(2,3)13(16)17-15(4,5)12-10-8-7-9-11-12;1-6-12(3,4)11(14)15-13(5)9-7-8-10(13)2/h6-20H2,1-5H3;13-14,20H,8-12H2,1-7H3;11H,8-10H2,1-7H3;12H,4-11H2,1-3H3;7-11H,6H2,1-5H3;2,6-9H2,1,3-5H3. The number of Topliss-reactive ketones (excluding diaryl/α,β-unsaturated/α-hetero) is 1. The van der Waals surface area contributed by atoms with Gasteiger partial charge in [-0.05, 0) is 311 Å². The molecule has 720 valence electrons. The van der Waals surface area contributed by atoms with Crippen molar-refractivity contribution < 1.29 is 99.8 Å². The predicted octanol–water partition coefficient (Wildman–Crippen LogP) is 25.5. The van der Waals surface area contributed by atoms with Gasteiger partial charge in [-0.1, -0.05) is 157 Å². The molecule has 0 aromatic heterocycles. The molecule has 0 bridgehead atoms. The Morgan fingerprint density at radius 1 is 0.488 bits per heavy atom. The zero-order valence-electron chi connectivity index (χ0n) is 84.4. The molecule has 6 unspecified atom stereocenters. The van der Waals surface area contributed by atoms with Crippen LogP contribution in [0, 0.1) is 50.2 Å². The summed E-state index contributed by atoms with van der Waals surface area (Å²) < 4.78 is 72.0. The van der Waals surface area contributed by atoms with Gasteiger partial charge in [0.15, 0.2) is 11.4 Å². The third-order valence-corrected chi connectivity index (χ3v) is 31.2. The van der Waals surface area contributed by atoms with Gasteiger partial charge >= 0.3 is 55.4 Å². The average Bonchev–Trinajstić information content (AvgIpc) is 1.77. The predicted molar refractivity (Wildman–Crippen MR) is 496 cm³/mol. The van der Waals surface area contributed by atoms with Gasteiger partial charge in [-0.3, -0.25) is 47.7 Å². The van der Waals surface area contributed by atoms with Crippen molar-refractivity contribution in [3.63, 3.8) is 0 Å². The lowest BCUT2D eigenvalue weighted by molar-refractivity contribution is -0.193. The molecule has 125 heavy (non-hydrogen) atoms. The van der Waals surface area contributed by atoms with Crippen LogP contribution in [0.3, 0.4) is 0 Å². The molecule has 8 rings (SSSR count). The molecule has 0 amide bonds. The smallest absolute Gasteiger partial charge is 0.335 e. The maximum atomic E-state index is 14.1. The van der Waals surface area contributed by atoms with Crippen molar-refractivity contribution in [3.05, 3.63) is 48.0 Å². The summed E-state index contributed by atoms with van der Waals surface area (Å²) in [5.74, 6) is -1.67. The lowest BCUT2D eigenvalue weighted by atomic mass is 9.65. The molecule has 2 aliphatic heterocycles. The number of benzene rings is 1. The first-order chi connectivity index (χ1) is 57.4. The Morgan fingerprint density at radius 2 is 0.896 bits per heavy atom. The van der Waals surface area contributed by atoms with Crippen LogP contribution in [0.4, 0.5) is 0 Å². The van der Waals surface area contributed by atoms with Crippen molar-refractivity contribution in [2.24, 2.45) is 50.2 Å². The highest BCUT2D eigenvalue weighted by atomic mass is 31.2. The lowest BCUT2D eigenvalue weighted by Crippen LogP contribution is -2.50. The van der Waals surface area contributed by atoms with E-state index < -0.39 is 79.8 Å². The second-order valence-electron chi connectivity index (χ2n) is 43.8.